The highest BCUT2D eigenvalue weighted by atomic mass is 19.1. The number of carbonyl (C=O) groups excluding carboxylic acids is 1. The number of amides is 1. The van der Waals surface area contributed by atoms with Crippen LogP contribution in [0, 0.1) is 5.82 Å². The molecule has 6 nitrogen and oxygen atoms in total. The van der Waals surface area contributed by atoms with Crippen LogP contribution in [0.4, 0.5) is 10.2 Å². The lowest BCUT2D eigenvalue weighted by atomic mass is 9.82. The second-order valence-electron chi connectivity index (χ2n) is 10.7. The van der Waals surface area contributed by atoms with Crippen molar-refractivity contribution in [2.45, 2.75) is 64.2 Å². The largest absolute Gasteiger partial charge is 0.354 e. The molecule has 1 saturated carbocycles. The number of halogens is 1. The fourth-order valence-electron chi connectivity index (χ4n) is 4.43. The lowest BCUT2D eigenvalue weighted by molar-refractivity contribution is 0.0952. The van der Waals surface area contributed by atoms with Gasteiger partial charge in [-0.25, -0.2) is 14.4 Å². The average molecular weight is 468 g/mol. The first-order chi connectivity index (χ1) is 16.3. The maximum Gasteiger partial charge on any atom is 0.251 e. The Kier molecular flexibility index (Phi) is 7.81. The Balaban J connectivity index is 1.21. The Morgan fingerprint density at radius 2 is 1.76 bits per heavy atom. The molecule has 0 radical (unpaired) electrons. The maximum atomic E-state index is 13.0. The van der Waals surface area contributed by atoms with Crippen LogP contribution in [-0.2, 0) is 5.41 Å². The van der Waals surface area contributed by atoms with E-state index in [4.69, 9.17) is 9.97 Å². The number of hydrogen-bond acceptors (Lipinski definition) is 5. The zero-order valence-electron chi connectivity index (χ0n) is 20.8. The van der Waals surface area contributed by atoms with Crippen LogP contribution in [0.2, 0.25) is 0 Å². The zero-order valence-corrected chi connectivity index (χ0v) is 20.8. The van der Waals surface area contributed by atoms with E-state index in [2.05, 4.69) is 42.0 Å². The lowest BCUT2D eigenvalue weighted by Crippen LogP contribution is -2.47. The number of hydrogen-bond donors (Lipinski definition) is 1. The Bertz CT molecular complexity index is 960. The van der Waals surface area contributed by atoms with E-state index in [0.717, 1.165) is 57.2 Å². The van der Waals surface area contributed by atoms with Crippen molar-refractivity contribution in [1.82, 2.24) is 20.2 Å². The van der Waals surface area contributed by atoms with Crippen LogP contribution in [-0.4, -0.2) is 60.0 Å². The molecule has 2 fully saturated rings. The second-order valence-corrected chi connectivity index (χ2v) is 10.7. The van der Waals surface area contributed by atoms with Gasteiger partial charge in [-0.3, -0.25) is 9.69 Å². The van der Waals surface area contributed by atoms with Crippen LogP contribution in [0.3, 0.4) is 0 Å². The van der Waals surface area contributed by atoms with Crippen LogP contribution in [0.25, 0.3) is 0 Å². The van der Waals surface area contributed by atoms with Crippen molar-refractivity contribution in [2.75, 3.05) is 44.2 Å². The van der Waals surface area contributed by atoms with Gasteiger partial charge in [0.15, 0.2) is 0 Å². The summed E-state index contributed by atoms with van der Waals surface area (Å²) in [5.74, 6) is 2.17. The smallest absolute Gasteiger partial charge is 0.251 e. The molecular weight excluding hydrogens is 429 g/mol. The number of anilines is 1. The summed E-state index contributed by atoms with van der Waals surface area (Å²) in [6, 6.07) is 7.89. The highest BCUT2D eigenvalue weighted by Gasteiger charge is 2.27. The Morgan fingerprint density at radius 1 is 1.06 bits per heavy atom. The number of nitrogens with one attached hydrogen (secondary N) is 1. The summed E-state index contributed by atoms with van der Waals surface area (Å²) in [5.41, 5.74) is 1.67. The summed E-state index contributed by atoms with van der Waals surface area (Å²) in [5, 5.41) is 2.92. The van der Waals surface area contributed by atoms with Crippen LogP contribution in [0.5, 0.6) is 0 Å². The van der Waals surface area contributed by atoms with Gasteiger partial charge in [0.1, 0.15) is 17.5 Å². The molecule has 1 aromatic heterocycles. The summed E-state index contributed by atoms with van der Waals surface area (Å²) in [6.07, 6.45) is 5.77. The molecular formula is C27H38FN5O. The topological polar surface area (TPSA) is 61.4 Å². The van der Waals surface area contributed by atoms with Crippen LogP contribution in [0.1, 0.15) is 80.7 Å². The predicted octanol–water partition coefficient (Wildman–Crippen LogP) is 4.51. The number of benzene rings is 1. The number of nitrogens with zero attached hydrogens (tertiary/aromatic N) is 4. The third kappa shape index (κ3) is 6.32. The van der Waals surface area contributed by atoms with E-state index in [-0.39, 0.29) is 17.1 Å². The highest BCUT2D eigenvalue weighted by Crippen LogP contribution is 2.37. The molecule has 0 bridgehead atoms. The number of aromatic nitrogens is 2. The van der Waals surface area contributed by atoms with Crippen molar-refractivity contribution in [3.05, 3.63) is 53.2 Å². The minimum absolute atomic E-state index is 0.0531. The summed E-state index contributed by atoms with van der Waals surface area (Å²) >= 11 is 0. The summed E-state index contributed by atoms with van der Waals surface area (Å²) in [6.45, 7) is 12.2. The molecule has 0 atom stereocenters. The van der Waals surface area contributed by atoms with E-state index in [0.29, 0.717) is 18.0 Å². The molecule has 0 spiro atoms. The van der Waals surface area contributed by atoms with Crippen LogP contribution < -0.4 is 10.2 Å². The van der Waals surface area contributed by atoms with E-state index < -0.39 is 0 Å². The fourth-order valence-corrected chi connectivity index (χ4v) is 4.43. The molecule has 1 aliphatic carbocycles. The Hall–Kier alpha value is -2.54. The molecule has 2 aliphatic rings. The van der Waals surface area contributed by atoms with Crippen LogP contribution in [0.15, 0.2) is 30.3 Å². The van der Waals surface area contributed by atoms with E-state index in [1.54, 1.807) is 0 Å². The second kappa shape index (κ2) is 10.8. The van der Waals surface area contributed by atoms with Crippen molar-refractivity contribution in [3.63, 3.8) is 0 Å². The van der Waals surface area contributed by atoms with Crippen molar-refractivity contribution in [3.8, 4) is 0 Å². The molecule has 1 N–H and O–H groups in total. The van der Waals surface area contributed by atoms with E-state index in [9.17, 15) is 9.18 Å². The maximum absolute atomic E-state index is 13.0. The van der Waals surface area contributed by atoms with Gasteiger partial charge in [0.05, 0.1) is 0 Å². The molecule has 34 heavy (non-hydrogen) atoms. The zero-order chi connectivity index (χ0) is 24.1. The Labute approximate surface area is 203 Å². The van der Waals surface area contributed by atoms with Crippen molar-refractivity contribution < 1.29 is 9.18 Å². The van der Waals surface area contributed by atoms with E-state index >= 15 is 0 Å². The summed E-state index contributed by atoms with van der Waals surface area (Å²) in [7, 11) is 0. The van der Waals surface area contributed by atoms with Crippen molar-refractivity contribution in [2.24, 2.45) is 0 Å². The first kappa shape index (κ1) is 24.6. The van der Waals surface area contributed by atoms with E-state index in [1.807, 2.05) is 0 Å². The SMILES string of the molecule is CC(C)(C)c1nc(C2CCC2)cc(N2CCN(CCCCNC(=O)c3ccc(F)cc3)CC2)n1. The van der Waals surface area contributed by atoms with Gasteiger partial charge in [-0.05, 0) is 56.5 Å². The predicted molar refractivity (Wildman–Crippen MR) is 134 cm³/mol. The lowest BCUT2D eigenvalue weighted by Gasteiger charge is -2.36. The molecule has 1 aliphatic heterocycles. The fraction of sp³-hybridized carbons (Fsp3) is 0.593. The first-order valence-electron chi connectivity index (χ1n) is 12.7. The molecule has 2 heterocycles. The third-order valence-electron chi connectivity index (χ3n) is 6.92. The highest BCUT2D eigenvalue weighted by molar-refractivity contribution is 5.94. The van der Waals surface area contributed by atoms with Gasteiger partial charge >= 0.3 is 0 Å². The molecule has 1 amide bonds. The average Bonchev–Trinajstić information content (AvgIpc) is 2.78. The molecule has 1 saturated heterocycles. The molecule has 2 aromatic rings. The number of unbranched alkanes of at least 4 members (excludes halogenated alkanes) is 1. The molecule has 184 valence electrons. The first-order valence-corrected chi connectivity index (χ1v) is 12.7. The van der Waals surface area contributed by atoms with E-state index in [1.165, 1.54) is 49.2 Å². The molecule has 7 heteroatoms. The number of piperazine rings is 1. The number of rotatable bonds is 8. The quantitative estimate of drug-likeness (QED) is 0.579. The summed E-state index contributed by atoms with van der Waals surface area (Å²) in [4.78, 5) is 26.9. The van der Waals surface area contributed by atoms with Gasteiger partial charge < -0.3 is 10.2 Å². The van der Waals surface area contributed by atoms with Gasteiger partial charge in [0.2, 0.25) is 0 Å². The van der Waals surface area contributed by atoms with Crippen molar-refractivity contribution >= 4 is 11.7 Å². The third-order valence-corrected chi connectivity index (χ3v) is 6.92. The normalized spacial score (nSPS) is 17.5. The van der Waals surface area contributed by atoms with Crippen LogP contribution >= 0.6 is 0 Å². The monoisotopic (exact) mass is 467 g/mol. The van der Waals surface area contributed by atoms with Gasteiger partial charge in [-0.1, -0.05) is 27.2 Å². The molecule has 1 aromatic carbocycles. The van der Waals surface area contributed by atoms with Crippen molar-refractivity contribution in [1.29, 1.82) is 0 Å². The molecule has 4 rings (SSSR count). The van der Waals surface area contributed by atoms with Gasteiger partial charge in [0.25, 0.3) is 5.91 Å². The van der Waals surface area contributed by atoms with Gasteiger partial charge in [-0.2, -0.15) is 0 Å². The summed E-state index contributed by atoms with van der Waals surface area (Å²) < 4.78 is 13.0. The number of carbonyl (C=O) groups is 1. The minimum atomic E-state index is -0.329. The van der Waals surface area contributed by atoms with Gasteiger partial charge in [0, 0.05) is 61.4 Å². The Morgan fingerprint density at radius 3 is 2.38 bits per heavy atom. The minimum Gasteiger partial charge on any atom is -0.354 e. The standard InChI is InChI=1S/C27H38FN5O/c1-27(2,3)26-30-23(20-7-6-8-20)19-24(31-26)33-17-15-32(16-18-33)14-5-4-13-29-25(34)21-9-11-22(28)12-10-21/h9-12,19-20H,4-8,13-18H2,1-3H3,(H,29,34). The van der Waals surface area contributed by atoms with Gasteiger partial charge in [-0.15, -0.1) is 0 Å². The molecule has 0 unspecified atom stereocenters.